The van der Waals surface area contributed by atoms with Crippen LogP contribution in [0.15, 0.2) is 30.3 Å². The van der Waals surface area contributed by atoms with Crippen LogP contribution in [0.5, 0.6) is 0 Å². The van der Waals surface area contributed by atoms with E-state index in [0.29, 0.717) is 6.04 Å². The summed E-state index contributed by atoms with van der Waals surface area (Å²) in [5, 5.41) is 24.2. The van der Waals surface area contributed by atoms with Gasteiger partial charge in [-0.3, -0.25) is 4.90 Å². The number of hydrogen-bond donors (Lipinski definition) is 3. The van der Waals surface area contributed by atoms with E-state index >= 15 is 0 Å². The van der Waals surface area contributed by atoms with Crippen LogP contribution in [0.1, 0.15) is 12.8 Å². The molecule has 0 aromatic heterocycles. The maximum Gasteiger partial charge on any atom is 0.109 e. The molecule has 4 rings (SSSR count). The topological polar surface area (TPSA) is 71.4 Å². The summed E-state index contributed by atoms with van der Waals surface area (Å²) in [6.45, 7) is 6.49. The lowest BCUT2D eigenvalue weighted by molar-refractivity contribution is -0.0222. The average molecular weight is 405 g/mol. The van der Waals surface area contributed by atoms with Crippen LogP contribution in [0, 0.1) is 0 Å². The van der Waals surface area contributed by atoms with Crippen molar-refractivity contribution in [2.24, 2.45) is 0 Å². The number of nitrogens with zero attached hydrogens (tertiary/aromatic N) is 3. The van der Waals surface area contributed by atoms with Crippen LogP contribution in [-0.4, -0.2) is 110 Å². The minimum Gasteiger partial charge on any atom is -0.394 e. The summed E-state index contributed by atoms with van der Waals surface area (Å²) in [5.41, 5.74) is 1.25. The van der Waals surface area contributed by atoms with Crippen molar-refractivity contribution in [1.29, 1.82) is 0 Å². The van der Waals surface area contributed by atoms with E-state index in [-0.39, 0.29) is 18.8 Å². The van der Waals surface area contributed by atoms with Gasteiger partial charge in [0.2, 0.25) is 0 Å². The predicted molar refractivity (Wildman–Crippen MR) is 114 cm³/mol. The van der Waals surface area contributed by atoms with E-state index in [4.69, 9.17) is 4.74 Å². The first-order chi connectivity index (χ1) is 14.2. The van der Waals surface area contributed by atoms with E-state index in [9.17, 15) is 10.2 Å². The van der Waals surface area contributed by atoms with Crippen molar-refractivity contribution in [2.75, 3.05) is 64.4 Å². The zero-order chi connectivity index (χ0) is 20.2. The number of benzene rings is 1. The average Bonchev–Trinajstić information content (AvgIpc) is 3.09. The lowest BCUT2D eigenvalue weighted by Gasteiger charge is -2.41. The van der Waals surface area contributed by atoms with Crippen LogP contribution in [0.4, 0.5) is 5.69 Å². The Morgan fingerprint density at radius 1 is 1.00 bits per heavy atom. The van der Waals surface area contributed by atoms with Crippen LogP contribution < -0.4 is 10.2 Å². The Balaban J connectivity index is 1.34. The zero-order valence-corrected chi connectivity index (χ0v) is 17.5. The summed E-state index contributed by atoms with van der Waals surface area (Å²) >= 11 is 0. The summed E-state index contributed by atoms with van der Waals surface area (Å²) in [5.74, 6) is 0. The Labute approximate surface area is 174 Å². The van der Waals surface area contributed by atoms with Gasteiger partial charge < -0.3 is 30.1 Å². The second-order valence-corrected chi connectivity index (χ2v) is 8.72. The number of aliphatic hydroxyl groups is 2. The fourth-order valence-corrected chi connectivity index (χ4v) is 5.01. The maximum atomic E-state index is 10.9. The van der Waals surface area contributed by atoms with Gasteiger partial charge in [0.15, 0.2) is 0 Å². The molecule has 7 heteroatoms. The third-order valence-corrected chi connectivity index (χ3v) is 6.82. The van der Waals surface area contributed by atoms with Crippen LogP contribution in [0.3, 0.4) is 0 Å². The molecule has 3 N–H and O–H groups in total. The smallest absolute Gasteiger partial charge is 0.109 e. The lowest BCUT2D eigenvalue weighted by Crippen LogP contribution is -2.58. The Morgan fingerprint density at radius 2 is 1.69 bits per heavy atom. The summed E-state index contributed by atoms with van der Waals surface area (Å²) in [6, 6.07) is 10.9. The molecule has 4 atom stereocenters. The predicted octanol–water partition coefficient (Wildman–Crippen LogP) is -0.0184. The molecule has 0 radical (unpaired) electrons. The van der Waals surface area contributed by atoms with Gasteiger partial charge in [-0.1, -0.05) is 18.2 Å². The van der Waals surface area contributed by atoms with Crippen LogP contribution in [0.25, 0.3) is 0 Å². The SMILES string of the molecule is CN1CCC(NCC2OC(CO)C(O)C2N2CCN(c3ccccc3)CC2)CC1. The molecule has 0 saturated carbocycles. The quantitative estimate of drug-likeness (QED) is 0.616. The fourth-order valence-electron chi connectivity index (χ4n) is 5.01. The van der Waals surface area contributed by atoms with Gasteiger partial charge >= 0.3 is 0 Å². The molecule has 1 aromatic rings. The first-order valence-electron chi connectivity index (χ1n) is 11.1. The Hall–Kier alpha value is -1.22. The summed E-state index contributed by atoms with van der Waals surface area (Å²) in [4.78, 5) is 7.12. The largest absolute Gasteiger partial charge is 0.394 e. The van der Waals surface area contributed by atoms with Gasteiger partial charge in [0.1, 0.15) is 12.2 Å². The van der Waals surface area contributed by atoms with Crippen LogP contribution in [0.2, 0.25) is 0 Å². The molecule has 3 aliphatic heterocycles. The number of likely N-dealkylation sites (tertiary alicyclic amines) is 1. The van der Waals surface area contributed by atoms with Crippen LogP contribution >= 0.6 is 0 Å². The standard InChI is InChI=1S/C22H36N4O3/c1-24-9-7-17(8-10-24)23-15-19-21(22(28)20(16-27)29-19)26-13-11-25(12-14-26)18-5-3-2-4-6-18/h2-6,17,19-23,27-28H,7-16H2,1H3. The Kier molecular flexibility index (Phi) is 7.05. The van der Waals surface area contributed by atoms with Crippen molar-refractivity contribution in [2.45, 2.75) is 43.2 Å². The van der Waals surface area contributed by atoms with Crippen molar-refractivity contribution >= 4 is 5.69 Å². The van der Waals surface area contributed by atoms with Crippen molar-refractivity contribution in [3.63, 3.8) is 0 Å². The van der Waals surface area contributed by atoms with E-state index in [0.717, 1.165) is 58.7 Å². The Morgan fingerprint density at radius 3 is 2.34 bits per heavy atom. The van der Waals surface area contributed by atoms with E-state index in [1.807, 2.05) is 6.07 Å². The Bertz CT molecular complexity index is 618. The second-order valence-electron chi connectivity index (χ2n) is 8.72. The summed E-state index contributed by atoms with van der Waals surface area (Å²) < 4.78 is 6.08. The van der Waals surface area contributed by atoms with Crippen LogP contribution in [-0.2, 0) is 4.74 Å². The molecule has 4 unspecified atom stereocenters. The molecule has 1 aromatic carbocycles. The monoisotopic (exact) mass is 404 g/mol. The molecule has 0 bridgehead atoms. The molecule has 0 spiro atoms. The normalized spacial score (nSPS) is 32.7. The highest BCUT2D eigenvalue weighted by atomic mass is 16.5. The highest BCUT2D eigenvalue weighted by molar-refractivity contribution is 5.46. The van der Waals surface area contributed by atoms with Crippen molar-refractivity contribution in [1.82, 2.24) is 15.1 Å². The molecule has 0 amide bonds. The number of ether oxygens (including phenoxy) is 1. The van der Waals surface area contributed by atoms with E-state index in [1.165, 1.54) is 5.69 Å². The number of aliphatic hydroxyl groups excluding tert-OH is 2. The van der Waals surface area contributed by atoms with Crippen molar-refractivity contribution in [3.8, 4) is 0 Å². The molecule has 0 aliphatic carbocycles. The first-order valence-corrected chi connectivity index (χ1v) is 11.1. The number of anilines is 1. The van der Waals surface area contributed by atoms with E-state index in [1.54, 1.807) is 0 Å². The van der Waals surface area contributed by atoms with Crippen molar-refractivity contribution < 1.29 is 14.9 Å². The number of piperazine rings is 1. The van der Waals surface area contributed by atoms with Gasteiger partial charge in [0, 0.05) is 44.5 Å². The number of para-hydroxylation sites is 1. The number of rotatable bonds is 6. The van der Waals surface area contributed by atoms with Gasteiger partial charge in [-0.2, -0.15) is 0 Å². The first kappa shape index (κ1) is 21.0. The number of hydrogen-bond acceptors (Lipinski definition) is 7. The lowest BCUT2D eigenvalue weighted by atomic mass is 10.00. The summed E-state index contributed by atoms with van der Waals surface area (Å²) in [6.07, 6.45) is 1.07. The van der Waals surface area contributed by atoms with Gasteiger partial charge in [0.25, 0.3) is 0 Å². The number of piperidine rings is 1. The summed E-state index contributed by atoms with van der Waals surface area (Å²) in [7, 11) is 2.17. The molecule has 162 valence electrons. The minimum atomic E-state index is -0.646. The van der Waals surface area contributed by atoms with Gasteiger partial charge in [-0.05, 0) is 45.1 Å². The molecule has 3 heterocycles. The molecular weight excluding hydrogens is 368 g/mol. The number of nitrogens with one attached hydrogen (secondary N) is 1. The van der Waals surface area contributed by atoms with E-state index < -0.39 is 12.2 Å². The van der Waals surface area contributed by atoms with Gasteiger partial charge in [-0.15, -0.1) is 0 Å². The zero-order valence-electron chi connectivity index (χ0n) is 17.5. The highest BCUT2D eigenvalue weighted by Gasteiger charge is 2.46. The highest BCUT2D eigenvalue weighted by Crippen LogP contribution is 2.28. The minimum absolute atomic E-state index is 0.0659. The van der Waals surface area contributed by atoms with Crippen molar-refractivity contribution in [3.05, 3.63) is 30.3 Å². The molecule has 29 heavy (non-hydrogen) atoms. The molecule has 3 aliphatic rings. The van der Waals surface area contributed by atoms with Gasteiger partial charge in [-0.25, -0.2) is 0 Å². The molecule has 3 fully saturated rings. The van der Waals surface area contributed by atoms with Gasteiger partial charge in [0.05, 0.1) is 18.8 Å². The molecule has 7 nitrogen and oxygen atoms in total. The third-order valence-electron chi connectivity index (χ3n) is 6.82. The molecular formula is C22H36N4O3. The molecule has 3 saturated heterocycles. The van der Waals surface area contributed by atoms with E-state index in [2.05, 4.69) is 51.3 Å². The maximum absolute atomic E-state index is 10.9. The second kappa shape index (κ2) is 9.73. The fraction of sp³-hybridized carbons (Fsp3) is 0.727. The third kappa shape index (κ3) is 4.93.